The fourth-order valence-corrected chi connectivity index (χ4v) is 3.60. The van der Waals surface area contributed by atoms with E-state index < -0.39 is 0 Å². The number of aliphatic imine (C=N–C) groups is 2. The first-order valence-electron chi connectivity index (χ1n) is 10.6. The van der Waals surface area contributed by atoms with Crippen LogP contribution in [-0.2, 0) is 16.8 Å². The Balaban J connectivity index is 0.00000341. The van der Waals surface area contributed by atoms with Gasteiger partial charge in [0.2, 0.25) is 0 Å². The van der Waals surface area contributed by atoms with Crippen molar-refractivity contribution in [2.75, 3.05) is 13.2 Å². The summed E-state index contributed by atoms with van der Waals surface area (Å²) >= 11 is 0. The molecule has 0 unspecified atom stereocenters. The van der Waals surface area contributed by atoms with Crippen LogP contribution in [0.4, 0.5) is 0 Å². The van der Waals surface area contributed by atoms with Crippen LogP contribution < -0.4 is 19.7 Å². The predicted octanol–water partition coefficient (Wildman–Crippen LogP) is 3.48. The average Bonchev–Trinajstić information content (AvgIpc) is 2.76. The molecule has 0 spiro atoms. The largest absolute Gasteiger partial charge is 2.00 e. The first kappa shape index (κ1) is 24.8. The molecular formula is C24H28CoN2O4. The second-order valence-corrected chi connectivity index (χ2v) is 7.19. The zero-order chi connectivity index (χ0) is 21.3. The van der Waals surface area contributed by atoms with Gasteiger partial charge >= 0.3 is 16.8 Å². The number of ether oxygens (including phenoxy) is 2. The maximum atomic E-state index is 12.5. The van der Waals surface area contributed by atoms with Crippen molar-refractivity contribution in [1.29, 1.82) is 0 Å². The summed E-state index contributed by atoms with van der Waals surface area (Å²) in [4.78, 5) is 9.36. The topological polar surface area (TPSA) is 89.3 Å². The van der Waals surface area contributed by atoms with Crippen LogP contribution in [0.5, 0.6) is 23.0 Å². The van der Waals surface area contributed by atoms with Gasteiger partial charge in [0.15, 0.2) is 0 Å². The van der Waals surface area contributed by atoms with E-state index in [2.05, 4.69) is 9.98 Å². The van der Waals surface area contributed by atoms with Gasteiger partial charge in [-0.3, -0.25) is 9.98 Å². The van der Waals surface area contributed by atoms with Crippen molar-refractivity contribution in [2.45, 2.75) is 51.6 Å². The smallest absolute Gasteiger partial charge is 0.870 e. The molecule has 0 bridgehead atoms. The van der Waals surface area contributed by atoms with Crippen LogP contribution in [0.2, 0.25) is 0 Å². The van der Waals surface area contributed by atoms with Crippen LogP contribution in [0, 0.1) is 0 Å². The molecule has 1 radical (unpaired) electrons. The third kappa shape index (κ3) is 6.48. The van der Waals surface area contributed by atoms with Crippen LogP contribution in [0.3, 0.4) is 0 Å². The molecule has 167 valence electrons. The minimum atomic E-state index is -0.150. The molecular weight excluding hydrogens is 439 g/mol. The molecule has 0 aromatic heterocycles. The number of benzene rings is 2. The number of hydrogen-bond donors (Lipinski definition) is 0. The van der Waals surface area contributed by atoms with Crippen LogP contribution in [0.25, 0.3) is 0 Å². The van der Waals surface area contributed by atoms with Crippen LogP contribution in [0.1, 0.15) is 50.7 Å². The molecule has 0 N–H and O–H groups in total. The molecule has 2 aromatic carbocycles. The van der Waals surface area contributed by atoms with E-state index in [9.17, 15) is 10.2 Å². The second-order valence-electron chi connectivity index (χ2n) is 7.19. The van der Waals surface area contributed by atoms with Crippen LogP contribution in [-0.4, -0.2) is 37.7 Å². The molecule has 6 nitrogen and oxygen atoms in total. The Kier molecular flexibility index (Phi) is 9.88. The number of rotatable bonds is 8. The Morgan fingerprint density at radius 3 is 1.61 bits per heavy atom. The summed E-state index contributed by atoms with van der Waals surface area (Å²) in [5.41, 5.74) is 1.03. The van der Waals surface area contributed by atoms with Crippen molar-refractivity contribution < 1.29 is 36.5 Å². The van der Waals surface area contributed by atoms with Gasteiger partial charge in [0.25, 0.3) is 0 Å². The van der Waals surface area contributed by atoms with E-state index >= 15 is 0 Å². The number of para-hydroxylation sites is 2. The minimum absolute atomic E-state index is 0. The van der Waals surface area contributed by atoms with Gasteiger partial charge in [-0.1, -0.05) is 48.6 Å². The van der Waals surface area contributed by atoms with Gasteiger partial charge in [0.1, 0.15) is 11.5 Å². The Morgan fingerprint density at radius 2 is 1.23 bits per heavy atom. The van der Waals surface area contributed by atoms with Gasteiger partial charge in [0.05, 0.1) is 25.3 Å². The second kappa shape index (κ2) is 12.4. The zero-order valence-corrected chi connectivity index (χ0v) is 18.9. The molecule has 0 aliphatic heterocycles. The van der Waals surface area contributed by atoms with E-state index in [0.717, 1.165) is 25.7 Å². The summed E-state index contributed by atoms with van der Waals surface area (Å²) in [6.07, 6.45) is 7.23. The molecule has 0 saturated heterocycles. The zero-order valence-electron chi connectivity index (χ0n) is 17.9. The third-order valence-electron chi connectivity index (χ3n) is 5.12. The average molecular weight is 467 g/mol. The van der Waals surface area contributed by atoms with E-state index in [0.29, 0.717) is 35.8 Å². The molecule has 2 atom stereocenters. The predicted molar refractivity (Wildman–Crippen MR) is 115 cm³/mol. The fourth-order valence-electron chi connectivity index (χ4n) is 3.60. The van der Waals surface area contributed by atoms with Gasteiger partial charge in [0, 0.05) is 12.4 Å². The van der Waals surface area contributed by atoms with Crippen LogP contribution >= 0.6 is 0 Å². The maximum absolute atomic E-state index is 12.5. The van der Waals surface area contributed by atoms with Crippen molar-refractivity contribution in [1.82, 2.24) is 0 Å². The van der Waals surface area contributed by atoms with Gasteiger partial charge in [-0.15, -0.1) is 0 Å². The Bertz CT molecular complexity index is 828. The molecule has 31 heavy (non-hydrogen) atoms. The standard InChI is InChI=1S/C24H30N2O4.Co/c1-3-29-21-13-7-9-17(23(21)27)15-25-19-11-5-6-12-20(19)26-16-18-10-8-14-22(24(18)28)30-4-2;/h7-10,13-16,19-20,27-28H,3-6,11-12H2,1-2H3;/q;+2/p-2/t19-,20-;/m0./s1. The van der Waals surface area contributed by atoms with Crippen molar-refractivity contribution in [2.24, 2.45) is 9.98 Å². The van der Waals surface area contributed by atoms with Gasteiger partial charge in [-0.25, -0.2) is 0 Å². The van der Waals surface area contributed by atoms with Gasteiger partial charge in [-0.2, -0.15) is 0 Å². The summed E-state index contributed by atoms with van der Waals surface area (Å²) < 4.78 is 10.8. The maximum Gasteiger partial charge on any atom is 2.00 e. The van der Waals surface area contributed by atoms with Gasteiger partial charge < -0.3 is 19.7 Å². The molecule has 2 aromatic rings. The molecule has 0 heterocycles. The van der Waals surface area contributed by atoms with E-state index in [1.54, 1.807) is 48.8 Å². The van der Waals surface area contributed by atoms with E-state index in [1.807, 2.05) is 13.8 Å². The molecule has 3 rings (SSSR count). The van der Waals surface area contributed by atoms with Crippen molar-refractivity contribution >= 4 is 12.4 Å². The molecule has 7 heteroatoms. The SMILES string of the molecule is CCOc1cccc(C=N[C@H]2CCCC[C@@H]2N=Cc2cccc(OCC)c2[O-])c1[O-].[Co+2]. The van der Waals surface area contributed by atoms with Crippen molar-refractivity contribution in [3.8, 4) is 23.0 Å². The summed E-state index contributed by atoms with van der Waals surface area (Å²) in [6, 6.07) is 10.4. The van der Waals surface area contributed by atoms with E-state index in [4.69, 9.17) is 9.47 Å². The quantitative estimate of drug-likeness (QED) is 0.556. The normalized spacial score (nSPS) is 18.8. The Morgan fingerprint density at radius 1 is 0.806 bits per heavy atom. The number of nitrogens with zero attached hydrogens (tertiary/aromatic N) is 2. The fraction of sp³-hybridized carbons (Fsp3) is 0.417. The molecule has 1 aliphatic rings. The summed E-state index contributed by atoms with van der Waals surface area (Å²) in [7, 11) is 0. The number of hydrogen-bond acceptors (Lipinski definition) is 6. The van der Waals surface area contributed by atoms with Crippen molar-refractivity contribution in [3.05, 3.63) is 47.5 Å². The van der Waals surface area contributed by atoms with Crippen LogP contribution in [0.15, 0.2) is 46.4 Å². The molecule has 0 amide bonds. The summed E-state index contributed by atoms with van der Waals surface area (Å²) in [6.45, 7) is 4.59. The molecule has 1 fully saturated rings. The molecule has 1 aliphatic carbocycles. The first-order valence-corrected chi connectivity index (χ1v) is 10.6. The summed E-state index contributed by atoms with van der Waals surface area (Å²) in [5.74, 6) is 0.388. The van der Waals surface area contributed by atoms with Crippen molar-refractivity contribution in [3.63, 3.8) is 0 Å². The van der Waals surface area contributed by atoms with E-state index in [-0.39, 0.29) is 40.4 Å². The molecule has 1 saturated carbocycles. The first-order chi connectivity index (χ1) is 14.6. The van der Waals surface area contributed by atoms with E-state index in [1.165, 1.54) is 0 Å². The third-order valence-corrected chi connectivity index (χ3v) is 5.12. The Hall–Kier alpha value is -2.51. The minimum Gasteiger partial charge on any atom is -0.870 e. The summed E-state index contributed by atoms with van der Waals surface area (Å²) in [5, 5.41) is 24.9. The Labute approximate surface area is 194 Å². The monoisotopic (exact) mass is 467 g/mol. The van der Waals surface area contributed by atoms with Gasteiger partial charge in [-0.05, 0) is 49.9 Å².